The van der Waals surface area contributed by atoms with E-state index in [0.29, 0.717) is 13.1 Å². The third kappa shape index (κ3) is 7.85. The standard InChI is InChI=1S/C16H25NO3S/c1-16(2,3)13-17(12-14-8-6-5-7-9-14)15(18)10-11-21(4,19)20/h5-9H,10-13H2,1-4H3. The first-order valence-electron chi connectivity index (χ1n) is 7.06. The van der Waals surface area contributed by atoms with Crippen molar-refractivity contribution in [1.29, 1.82) is 0 Å². The minimum absolute atomic E-state index is 0.0322. The van der Waals surface area contributed by atoms with Crippen LogP contribution in [0.2, 0.25) is 0 Å². The first kappa shape index (κ1) is 17.7. The molecule has 0 N–H and O–H groups in total. The maximum atomic E-state index is 12.3. The third-order valence-corrected chi connectivity index (χ3v) is 3.87. The molecule has 21 heavy (non-hydrogen) atoms. The van der Waals surface area contributed by atoms with Crippen LogP contribution in [-0.2, 0) is 21.2 Å². The van der Waals surface area contributed by atoms with Crippen LogP contribution in [0.4, 0.5) is 0 Å². The molecule has 0 heterocycles. The number of nitrogens with zero attached hydrogens (tertiary/aromatic N) is 1. The van der Waals surface area contributed by atoms with Gasteiger partial charge < -0.3 is 4.90 Å². The van der Waals surface area contributed by atoms with Gasteiger partial charge in [-0.05, 0) is 11.0 Å². The zero-order valence-corrected chi connectivity index (χ0v) is 14.1. The Morgan fingerprint density at radius 3 is 2.19 bits per heavy atom. The lowest BCUT2D eigenvalue weighted by Gasteiger charge is -2.30. The summed E-state index contributed by atoms with van der Waals surface area (Å²) in [5, 5.41) is 0. The second-order valence-corrected chi connectivity index (χ2v) is 8.94. The molecule has 1 rings (SSSR count). The van der Waals surface area contributed by atoms with Crippen LogP contribution in [0.1, 0.15) is 32.8 Å². The summed E-state index contributed by atoms with van der Waals surface area (Å²) in [6.45, 7) is 7.31. The van der Waals surface area contributed by atoms with Crippen LogP contribution in [-0.4, -0.2) is 37.8 Å². The Morgan fingerprint density at radius 2 is 1.71 bits per heavy atom. The molecule has 4 nitrogen and oxygen atoms in total. The van der Waals surface area contributed by atoms with Gasteiger partial charge in [-0.1, -0.05) is 51.1 Å². The summed E-state index contributed by atoms with van der Waals surface area (Å²) in [6.07, 6.45) is 1.20. The molecule has 0 bridgehead atoms. The number of amides is 1. The highest BCUT2D eigenvalue weighted by Gasteiger charge is 2.22. The summed E-state index contributed by atoms with van der Waals surface area (Å²) >= 11 is 0. The minimum atomic E-state index is -3.12. The lowest BCUT2D eigenvalue weighted by molar-refractivity contribution is -0.132. The number of hydrogen-bond acceptors (Lipinski definition) is 3. The molecule has 118 valence electrons. The van der Waals surface area contributed by atoms with Gasteiger partial charge in [-0.25, -0.2) is 8.42 Å². The van der Waals surface area contributed by atoms with Crippen molar-refractivity contribution in [3.05, 3.63) is 35.9 Å². The predicted octanol–water partition coefficient (Wildman–Crippen LogP) is 2.50. The van der Waals surface area contributed by atoms with Crippen LogP contribution < -0.4 is 0 Å². The molecule has 1 aromatic carbocycles. The summed E-state index contributed by atoms with van der Waals surface area (Å²) < 4.78 is 22.5. The second kappa shape index (κ2) is 7.07. The van der Waals surface area contributed by atoms with Gasteiger partial charge in [0.1, 0.15) is 9.84 Å². The van der Waals surface area contributed by atoms with Gasteiger partial charge in [0, 0.05) is 25.8 Å². The molecule has 0 saturated heterocycles. The second-order valence-electron chi connectivity index (χ2n) is 6.68. The fourth-order valence-electron chi connectivity index (χ4n) is 2.04. The van der Waals surface area contributed by atoms with Crippen molar-refractivity contribution in [2.24, 2.45) is 5.41 Å². The van der Waals surface area contributed by atoms with Crippen LogP contribution >= 0.6 is 0 Å². The molecule has 0 aromatic heterocycles. The average molecular weight is 311 g/mol. The smallest absolute Gasteiger partial charge is 0.223 e. The third-order valence-electron chi connectivity index (χ3n) is 2.92. The molecular weight excluding hydrogens is 286 g/mol. The molecule has 0 aliphatic heterocycles. The monoisotopic (exact) mass is 311 g/mol. The van der Waals surface area contributed by atoms with Gasteiger partial charge in [-0.15, -0.1) is 0 Å². The first-order chi connectivity index (χ1) is 9.57. The summed E-state index contributed by atoms with van der Waals surface area (Å²) in [4.78, 5) is 14.1. The Balaban J connectivity index is 2.79. The van der Waals surface area contributed by atoms with Gasteiger partial charge in [0.2, 0.25) is 5.91 Å². The van der Waals surface area contributed by atoms with Crippen molar-refractivity contribution in [3.8, 4) is 0 Å². The van der Waals surface area contributed by atoms with Crippen LogP contribution in [0.15, 0.2) is 30.3 Å². The van der Waals surface area contributed by atoms with Gasteiger partial charge in [0.05, 0.1) is 5.75 Å². The van der Waals surface area contributed by atoms with Gasteiger partial charge in [0.25, 0.3) is 0 Å². The van der Waals surface area contributed by atoms with Gasteiger partial charge in [-0.2, -0.15) is 0 Å². The maximum Gasteiger partial charge on any atom is 0.223 e. The number of sulfone groups is 1. The molecule has 0 spiro atoms. The number of carbonyl (C=O) groups is 1. The maximum absolute atomic E-state index is 12.3. The fourth-order valence-corrected chi connectivity index (χ4v) is 2.58. The molecule has 1 aromatic rings. The van der Waals surface area contributed by atoms with E-state index in [2.05, 4.69) is 20.8 Å². The zero-order valence-electron chi connectivity index (χ0n) is 13.3. The van der Waals surface area contributed by atoms with E-state index in [1.54, 1.807) is 4.90 Å². The lowest BCUT2D eigenvalue weighted by Crippen LogP contribution is -2.38. The Hall–Kier alpha value is -1.36. The zero-order chi connectivity index (χ0) is 16.1. The predicted molar refractivity (Wildman–Crippen MR) is 85.6 cm³/mol. The van der Waals surface area contributed by atoms with Gasteiger partial charge in [0.15, 0.2) is 0 Å². The lowest BCUT2D eigenvalue weighted by atomic mass is 9.95. The quantitative estimate of drug-likeness (QED) is 0.811. The first-order valence-corrected chi connectivity index (χ1v) is 9.12. The number of carbonyl (C=O) groups excluding carboxylic acids is 1. The van der Waals surface area contributed by atoms with Gasteiger partial charge in [-0.3, -0.25) is 4.79 Å². The highest BCUT2D eigenvalue weighted by molar-refractivity contribution is 7.90. The SMILES string of the molecule is CC(C)(C)CN(Cc1ccccc1)C(=O)CCS(C)(=O)=O. The van der Waals surface area contributed by atoms with E-state index in [0.717, 1.165) is 11.8 Å². The molecule has 0 aliphatic carbocycles. The molecule has 0 fully saturated rings. The van der Waals surface area contributed by atoms with E-state index in [4.69, 9.17) is 0 Å². The van der Waals surface area contributed by atoms with E-state index in [-0.39, 0.29) is 23.5 Å². The molecule has 5 heteroatoms. The summed E-state index contributed by atoms with van der Waals surface area (Å²) in [7, 11) is -3.12. The topological polar surface area (TPSA) is 54.5 Å². The normalized spacial score (nSPS) is 12.2. The van der Waals surface area contributed by atoms with Crippen molar-refractivity contribution in [2.75, 3.05) is 18.6 Å². The van der Waals surface area contributed by atoms with Gasteiger partial charge >= 0.3 is 0 Å². The summed E-state index contributed by atoms with van der Waals surface area (Å²) in [5.74, 6) is -0.208. The molecule has 0 radical (unpaired) electrons. The van der Waals surface area contributed by atoms with Crippen LogP contribution in [0.25, 0.3) is 0 Å². The van der Waals surface area contributed by atoms with Crippen molar-refractivity contribution < 1.29 is 13.2 Å². The Morgan fingerprint density at radius 1 is 1.14 bits per heavy atom. The van der Waals surface area contributed by atoms with Crippen molar-refractivity contribution in [1.82, 2.24) is 4.90 Å². The average Bonchev–Trinajstić information content (AvgIpc) is 2.34. The van der Waals surface area contributed by atoms with E-state index in [1.807, 2.05) is 30.3 Å². The number of hydrogen-bond donors (Lipinski definition) is 0. The molecule has 0 saturated carbocycles. The van der Waals surface area contributed by atoms with E-state index < -0.39 is 9.84 Å². The molecule has 1 amide bonds. The van der Waals surface area contributed by atoms with Crippen molar-refractivity contribution in [2.45, 2.75) is 33.7 Å². The largest absolute Gasteiger partial charge is 0.338 e. The number of rotatable bonds is 6. The van der Waals surface area contributed by atoms with Crippen molar-refractivity contribution in [3.63, 3.8) is 0 Å². The summed E-state index contributed by atoms with van der Waals surface area (Å²) in [6, 6.07) is 9.75. The van der Waals surface area contributed by atoms with E-state index >= 15 is 0 Å². The van der Waals surface area contributed by atoms with Crippen LogP contribution in [0, 0.1) is 5.41 Å². The Kier molecular flexibility index (Phi) is 5.96. The van der Waals surface area contributed by atoms with E-state index in [9.17, 15) is 13.2 Å². The Labute approximate surface area is 128 Å². The van der Waals surface area contributed by atoms with Crippen molar-refractivity contribution >= 4 is 15.7 Å². The molecule has 0 atom stereocenters. The van der Waals surface area contributed by atoms with Crippen LogP contribution in [0.3, 0.4) is 0 Å². The highest BCUT2D eigenvalue weighted by atomic mass is 32.2. The fraction of sp³-hybridized carbons (Fsp3) is 0.562. The molecule has 0 aliphatic rings. The molecular formula is C16H25NO3S. The number of benzene rings is 1. The highest BCUT2D eigenvalue weighted by Crippen LogP contribution is 2.18. The Bertz CT molecular complexity index is 559. The van der Waals surface area contributed by atoms with Crippen LogP contribution in [0.5, 0.6) is 0 Å². The van der Waals surface area contributed by atoms with E-state index in [1.165, 1.54) is 0 Å². The minimum Gasteiger partial charge on any atom is -0.338 e. The summed E-state index contributed by atoms with van der Waals surface area (Å²) in [5.41, 5.74) is 1.02. The molecule has 0 unspecified atom stereocenters.